The summed E-state index contributed by atoms with van der Waals surface area (Å²) in [5.41, 5.74) is 2.09. The van der Waals surface area contributed by atoms with Crippen LogP contribution in [0, 0.1) is 19.8 Å². The highest BCUT2D eigenvalue weighted by atomic mass is 32.2. The van der Waals surface area contributed by atoms with Gasteiger partial charge in [0.1, 0.15) is 10.5 Å². The molecule has 1 aliphatic heterocycles. The Morgan fingerprint density at radius 2 is 1.78 bits per heavy atom. The lowest BCUT2D eigenvalue weighted by Gasteiger charge is -2.30. The van der Waals surface area contributed by atoms with E-state index in [1.807, 2.05) is 30.3 Å². The molecule has 2 aromatic rings. The summed E-state index contributed by atoms with van der Waals surface area (Å²) in [4.78, 5) is 27.9. The number of sulfonamides is 1. The molecule has 32 heavy (non-hydrogen) atoms. The average Bonchev–Trinajstić information content (AvgIpc) is 3.09. The van der Waals surface area contributed by atoms with Crippen LogP contribution in [0.15, 0.2) is 35.2 Å². The van der Waals surface area contributed by atoms with Crippen molar-refractivity contribution in [2.45, 2.75) is 44.9 Å². The second kappa shape index (κ2) is 10.3. The molecular formula is C23H31N3O5S. The van der Waals surface area contributed by atoms with E-state index < -0.39 is 16.0 Å². The Morgan fingerprint density at radius 1 is 1.12 bits per heavy atom. The van der Waals surface area contributed by atoms with Crippen LogP contribution in [0.2, 0.25) is 0 Å². The van der Waals surface area contributed by atoms with Gasteiger partial charge in [0.15, 0.2) is 0 Å². The van der Waals surface area contributed by atoms with E-state index in [1.54, 1.807) is 20.8 Å². The molecular weight excluding hydrogens is 430 g/mol. The van der Waals surface area contributed by atoms with Crippen LogP contribution in [0.4, 0.5) is 0 Å². The first-order valence-corrected chi connectivity index (χ1v) is 12.4. The first kappa shape index (κ1) is 24.0. The number of esters is 1. The molecule has 1 amide bonds. The van der Waals surface area contributed by atoms with Gasteiger partial charge in [0.2, 0.25) is 15.9 Å². The maximum Gasteiger partial charge on any atom is 0.341 e. The molecule has 0 spiro atoms. The van der Waals surface area contributed by atoms with Crippen molar-refractivity contribution in [2.24, 2.45) is 5.92 Å². The van der Waals surface area contributed by atoms with E-state index in [9.17, 15) is 18.0 Å². The van der Waals surface area contributed by atoms with Crippen LogP contribution >= 0.6 is 0 Å². The number of nitrogens with zero attached hydrogens (tertiary/aromatic N) is 1. The van der Waals surface area contributed by atoms with Crippen molar-refractivity contribution < 1.29 is 22.7 Å². The Kier molecular flexibility index (Phi) is 7.73. The number of benzene rings is 1. The van der Waals surface area contributed by atoms with Crippen molar-refractivity contribution in [3.05, 3.63) is 52.8 Å². The molecule has 1 aromatic heterocycles. The molecule has 0 unspecified atom stereocenters. The largest absolute Gasteiger partial charge is 0.462 e. The van der Waals surface area contributed by atoms with Crippen molar-refractivity contribution in [2.75, 3.05) is 26.2 Å². The minimum Gasteiger partial charge on any atom is -0.462 e. The molecule has 2 N–H and O–H groups in total. The Morgan fingerprint density at radius 3 is 2.41 bits per heavy atom. The van der Waals surface area contributed by atoms with Gasteiger partial charge in [-0.15, -0.1) is 0 Å². The molecule has 0 aliphatic carbocycles. The minimum atomic E-state index is -3.90. The maximum absolute atomic E-state index is 13.4. The summed E-state index contributed by atoms with van der Waals surface area (Å²) in [5, 5.41) is 2.96. The van der Waals surface area contributed by atoms with Crippen molar-refractivity contribution in [3.63, 3.8) is 0 Å². The number of aryl methyl sites for hydroxylation is 2. The molecule has 8 nitrogen and oxygen atoms in total. The van der Waals surface area contributed by atoms with Gasteiger partial charge in [-0.1, -0.05) is 30.3 Å². The number of carbonyl (C=O) groups is 2. The lowest BCUT2D eigenvalue weighted by atomic mass is 9.97. The normalized spacial score (nSPS) is 15.5. The van der Waals surface area contributed by atoms with Crippen LogP contribution in [-0.2, 0) is 26.0 Å². The lowest BCUT2D eigenvalue weighted by molar-refractivity contribution is -0.126. The number of rotatable bonds is 8. The van der Waals surface area contributed by atoms with Crippen LogP contribution in [0.25, 0.3) is 0 Å². The third kappa shape index (κ3) is 5.21. The molecule has 174 valence electrons. The maximum atomic E-state index is 13.4. The van der Waals surface area contributed by atoms with Gasteiger partial charge >= 0.3 is 5.97 Å². The molecule has 0 atom stereocenters. The zero-order valence-electron chi connectivity index (χ0n) is 18.8. The van der Waals surface area contributed by atoms with E-state index in [0.29, 0.717) is 30.8 Å². The monoisotopic (exact) mass is 461 g/mol. The summed E-state index contributed by atoms with van der Waals surface area (Å²) in [7, 11) is -3.90. The van der Waals surface area contributed by atoms with E-state index in [2.05, 4.69) is 10.3 Å². The summed E-state index contributed by atoms with van der Waals surface area (Å²) >= 11 is 0. The van der Waals surface area contributed by atoms with E-state index in [-0.39, 0.29) is 42.0 Å². The van der Waals surface area contributed by atoms with E-state index in [0.717, 1.165) is 12.0 Å². The van der Waals surface area contributed by atoms with Crippen LogP contribution in [0.1, 0.15) is 47.1 Å². The van der Waals surface area contributed by atoms with Crippen LogP contribution in [0.3, 0.4) is 0 Å². The number of carbonyl (C=O) groups excluding carboxylic acids is 2. The van der Waals surface area contributed by atoms with Gasteiger partial charge in [0, 0.05) is 36.9 Å². The molecule has 0 saturated carbocycles. The summed E-state index contributed by atoms with van der Waals surface area (Å²) < 4.78 is 33.1. The fourth-order valence-corrected chi connectivity index (χ4v) is 6.02. The zero-order chi connectivity index (χ0) is 23.3. The fourth-order valence-electron chi connectivity index (χ4n) is 4.14. The molecule has 1 fully saturated rings. The summed E-state index contributed by atoms with van der Waals surface area (Å²) in [5.74, 6) is -0.921. The van der Waals surface area contributed by atoms with E-state index in [4.69, 9.17) is 4.74 Å². The highest BCUT2D eigenvalue weighted by Crippen LogP contribution is 2.30. The predicted molar refractivity (Wildman–Crippen MR) is 121 cm³/mol. The van der Waals surface area contributed by atoms with Gasteiger partial charge in [-0.05, 0) is 45.6 Å². The topological polar surface area (TPSA) is 109 Å². The number of hydrogen-bond acceptors (Lipinski definition) is 5. The van der Waals surface area contributed by atoms with Gasteiger partial charge in [0.05, 0.1) is 6.61 Å². The smallest absolute Gasteiger partial charge is 0.341 e. The van der Waals surface area contributed by atoms with Crippen LogP contribution in [-0.4, -0.2) is 55.8 Å². The van der Waals surface area contributed by atoms with Crippen LogP contribution in [0.5, 0.6) is 0 Å². The number of nitrogens with one attached hydrogen (secondary N) is 2. The summed E-state index contributed by atoms with van der Waals surface area (Å²) in [6.45, 7) is 6.13. The van der Waals surface area contributed by atoms with Gasteiger partial charge in [0.25, 0.3) is 0 Å². The van der Waals surface area contributed by atoms with E-state index in [1.165, 1.54) is 4.31 Å². The molecule has 1 saturated heterocycles. The van der Waals surface area contributed by atoms with Crippen molar-refractivity contribution in [1.82, 2.24) is 14.6 Å². The second-order valence-electron chi connectivity index (χ2n) is 8.00. The Balaban J connectivity index is 1.62. The highest BCUT2D eigenvalue weighted by Gasteiger charge is 2.37. The predicted octanol–water partition coefficient (Wildman–Crippen LogP) is 2.57. The van der Waals surface area contributed by atoms with E-state index >= 15 is 0 Å². The van der Waals surface area contributed by atoms with Gasteiger partial charge in [-0.25, -0.2) is 13.2 Å². The first-order valence-electron chi connectivity index (χ1n) is 10.9. The summed E-state index contributed by atoms with van der Waals surface area (Å²) in [6, 6.07) is 9.92. The number of aromatic amines is 1. The fraction of sp³-hybridized carbons (Fsp3) is 0.478. The minimum absolute atomic E-state index is 0.0285. The number of ether oxygens (including phenoxy) is 1. The third-order valence-corrected chi connectivity index (χ3v) is 7.85. The van der Waals surface area contributed by atoms with Gasteiger partial charge in [-0.2, -0.15) is 4.31 Å². The average molecular weight is 462 g/mol. The molecule has 2 heterocycles. The van der Waals surface area contributed by atoms with Gasteiger partial charge in [-0.3, -0.25) is 4.79 Å². The highest BCUT2D eigenvalue weighted by molar-refractivity contribution is 7.89. The zero-order valence-corrected chi connectivity index (χ0v) is 19.6. The van der Waals surface area contributed by atoms with Crippen molar-refractivity contribution in [1.29, 1.82) is 0 Å². The van der Waals surface area contributed by atoms with Crippen LogP contribution < -0.4 is 5.32 Å². The first-order chi connectivity index (χ1) is 15.3. The van der Waals surface area contributed by atoms with Crippen molar-refractivity contribution in [3.8, 4) is 0 Å². The Hall–Kier alpha value is -2.65. The lowest BCUT2D eigenvalue weighted by Crippen LogP contribution is -2.43. The summed E-state index contributed by atoms with van der Waals surface area (Å²) in [6.07, 6.45) is 1.63. The molecule has 1 aromatic carbocycles. The van der Waals surface area contributed by atoms with Crippen molar-refractivity contribution >= 4 is 21.9 Å². The quantitative estimate of drug-likeness (QED) is 0.588. The Labute approximate surface area is 189 Å². The SMILES string of the molecule is CCOC(=O)c1c(C)[nH]c(C)c1S(=O)(=O)N1CCC(C(=O)NCCc2ccccc2)CC1. The Bertz CT molecular complexity index is 1050. The van der Waals surface area contributed by atoms with Gasteiger partial charge < -0.3 is 15.0 Å². The second-order valence-corrected chi connectivity index (χ2v) is 9.88. The molecule has 9 heteroatoms. The molecule has 1 aliphatic rings. The number of hydrogen-bond donors (Lipinski definition) is 2. The third-order valence-electron chi connectivity index (χ3n) is 5.78. The molecule has 3 rings (SSSR count). The molecule has 0 bridgehead atoms. The number of H-pyrrole nitrogens is 1. The standard InChI is InChI=1S/C23H31N3O5S/c1-4-31-23(28)20-16(2)25-17(3)21(20)32(29,30)26-14-11-19(12-15-26)22(27)24-13-10-18-8-6-5-7-9-18/h5-9,19,25H,4,10-15H2,1-3H3,(H,24,27). The number of aromatic nitrogens is 1. The number of amides is 1. The number of piperidine rings is 1. The molecule has 0 radical (unpaired) electrons.